The van der Waals surface area contributed by atoms with Crippen LogP contribution in [0, 0.1) is 13.8 Å². The van der Waals surface area contributed by atoms with E-state index >= 15 is 0 Å². The Kier molecular flexibility index (Phi) is 2.82. The van der Waals surface area contributed by atoms with E-state index in [0.29, 0.717) is 0 Å². The van der Waals surface area contributed by atoms with E-state index in [4.69, 9.17) is 0 Å². The van der Waals surface area contributed by atoms with E-state index in [1.165, 1.54) is 16.8 Å². The van der Waals surface area contributed by atoms with Gasteiger partial charge in [0.1, 0.15) is 5.65 Å². The molecular formula is C18H16N4. The van der Waals surface area contributed by atoms with Gasteiger partial charge in [-0.2, -0.15) is 5.10 Å². The predicted octanol–water partition coefficient (Wildman–Crippen LogP) is 3.80. The van der Waals surface area contributed by atoms with Crippen molar-refractivity contribution in [3.63, 3.8) is 0 Å². The first-order valence-corrected chi connectivity index (χ1v) is 7.28. The Hall–Kier alpha value is -2.88. The van der Waals surface area contributed by atoms with Gasteiger partial charge in [-0.1, -0.05) is 12.1 Å². The molecule has 1 aromatic carbocycles. The fourth-order valence-electron chi connectivity index (χ4n) is 2.74. The van der Waals surface area contributed by atoms with Gasteiger partial charge < -0.3 is 0 Å². The van der Waals surface area contributed by atoms with E-state index in [1.54, 1.807) is 6.20 Å². The second kappa shape index (κ2) is 4.84. The van der Waals surface area contributed by atoms with Crippen LogP contribution in [0.1, 0.15) is 11.1 Å². The number of hydrogen-bond donors (Lipinski definition) is 0. The molecule has 4 heteroatoms. The summed E-state index contributed by atoms with van der Waals surface area (Å²) < 4.78 is 4.08. The Labute approximate surface area is 128 Å². The summed E-state index contributed by atoms with van der Waals surface area (Å²) in [4.78, 5) is 4.17. The van der Waals surface area contributed by atoms with Crippen LogP contribution in [0.25, 0.3) is 22.6 Å². The van der Waals surface area contributed by atoms with Crippen molar-refractivity contribution in [1.82, 2.24) is 19.2 Å². The fourth-order valence-corrected chi connectivity index (χ4v) is 2.74. The van der Waals surface area contributed by atoms with Crippen molar-refractivity contribution >= 4 is 5.65 Å². The number of fused-ring (bicyclic) bond motifs is 1. The number of aryl methyl sites for hydroxylation is 1. The maximum Gasteiger partial charge on any atom is 0.140 e. The number of imidazole rings is 1. The predicted molar refractivity (Wildman–Crippen MR) is 87.2 cm³/mol. The van der Waals surface area contributed by atoms with E-state index in [-0.39, 0.29) is 0 Å². The smallest absolute Gasteiger partial charge is 0.140 e. The van der Waals surface area contributed by atoms with Crippen LogP contribution in [0.2, 0.25) is 0 Å². The summed E-state index contributed by atoms with van der Waals surface area (Å²) in [6.07, 6.45) is 7.65. The van der Waals surface area contributed by atoms with Gasteiger partial charge in [-0.05, 0) is 43.2 Å². The van der Waals surface area contributed by atoms with Crippen LogP contribution in [0.4, 0.5) is 0 Å². The average molecular weight is 288 g/mol. The zero-order chi connectivity index (χ0) is 15.1. The minimum absolute atomic E-state index is 0.933. The van der Waals surface area contributed by atoms with Crippen molar-refractivity contribution in [3.8, 4) is 16.9 Å². The lowest BCUT2D eigenvalue weighted by atomic mass is 10.1. The van der Waals surface area contributed by atoms with Gasteiger partial charge in [-0.3, -0.25) is 9.55 Å². The molecule has 0 radical (unpaired) electrons. The number of benzene rings is 1. The summed E-state index contributed by atoms with van der Waals surface area (Å²) in [5.41, 5.74) is 6.77. The molecule has 4 rings (SSSR count). The summed E-state index contributed by atoms with van der Waals surface area (Å²) in [7, 11) is 0. The summed E-state index contributed by atoms with van der Waals surface area (Å²) in [6.45, 7) is 4.29. The number of pyridine rings is 1. The number of nitrogens with zero attached hydrogens (tertiary/aromatic N) is 4. The first kappa shape index (κ1) is 12.8. The van der Waals surface area contributed by atoms with Gasteiger partial charge >= 0.3 is 0 Å². The quantitative estimate of drug-likeness (QED) is 0.562. The Bertz CT molecular complexity index is 948. The molecule has 22 heavy (non-hydrogen) atoms. The molecule has 0 amide bonds. The molecule has 3 heterocycles. The summed E-state index contributed by atoms with van der Waals surface area (Å²) in [5.74, 6) is 0. The molecule has 0 unspecified atom stereocenters. The minimum Gasteiger partial charge on any atom is -0.300 e. The second-order valence-corrected chi connectivity index (χ2v) is 5.46. The monoisotopic (exact) mass is 288 g/mol. The molecule has 4 aromatic rings. The third kappa shape index (κ3) is 1.92. The van der Waals surface area contributed by atoms with Crippen molar-refractivity contribution in [3.05, 3.63) is 72.3 Å². The van der Waals surface area contributed by atoms with Crippen LogP contribution in [0.3, 0.4) is 0 Å². The molecule has 0 fully saturated rings. The first-order valence-electron chi connectivity index (χ1n) is 7.28. The van der Waals surface area contributed by atoms with Crippen molar-refractivity contribution in [2.45, 2.75) is 13.8 Å². The third-order valence-electron chi connectivity index (χ3n) is 4.11. The van der Waals surface area contributed by atoms with E-state index in [1.807, 2.05) is 29.0 Å². The molecule has 0 spiro atoms. The molecule has 0 bridgehead atoms. The van der Waals surface area contributed by atoms with E-state index in [0.717, 1.165) is 16.9 Å². The normalized spacial score (nSPS) is 11.2. The molecule has 0 aliphatic rings. The van der Waals surface area contributed by atoms with Gasteiger partial charge in [0.05, 0.1) is 11.4 Å². The highest BCUT2D eigenvalue weighted by Gasteiger charge is 2.11. The van der Waals surface area contributed by atoms with Crippen molar-refractivity contribution in [2.75, 3.05) is 0 Å². The molecular weight excluding hydrogens is 272 g/mol. The molecule has 4 nitrogen and oxygen atoms in total. The van der Waals surface area contributed by atoms with E-state index in [9.17, 15) is 0 Å². The standard InChI is InChI=1S/C18H16N4/c1-13-5-3-7-17(14(13)2)21-9-10-22-18(21)11-16(20-22)15-6-4-8-19-12-15/h3-12H,1-2H3. The Morgan fingerprint density at radius 2 is 1.91 bits per heavy atom. The zero-order valence-corrected chi connectivity index (χ0v) is 12.6. The fraction of sp³-hybridized carbons (Fsp3) is 0.111. The van der Waals surface area contributed by atoms with Gasteiger partial charge in [0, 0.05) is 36.4 Å². The molecule has 0 N–H and O–H groups in total. The van der Waals surface area contributed by atoms with E-state index in [2.05, 4.69) is 59.0 Å². The Balaban J connectivity index is 1.90. The number of aromatic nitrogens is 4. The second-order valence-electron chi connectivity index (χ2n) is 5.46. The number of rotatable bonds is 2. The van der Waals surface area contributed by atoms with Crippen LogP contribution < -0.4 is 0 Å². The van der Waals surface area contributed by atoms with Crippen molar-refractivity contribution < 1.29 is 0 Å². The van der Waals surface area contributed by atoms with Crippen LogP contribution in [0.5, 0.6) is 0 Å². The maximum absolute atomic E-state index is 4.64. The summed E-state index contributed by atoms with van der Waals surface area (Å²) in [6, 6.07) is 12.4. The zero-order valence-electron chi connectivity index (χ0n) is 12.6. The Morgan fingerprint density at radius 1 is 1.00 bits per heavy atom. The van der Waals surface area contributed by atoms with Crippen LogP contribution in [0.15, 0.2) is 61.2 Å². The first-order chi connectivity index (χ1) is 10.7. The van der Waals surface area contributed by atoms with Crippen molar-refractivity contribution in [1.29, 1.82) is 0 Å². The lowest BCUT2D eigenvalue weighted by Gasteiger charge is -2.09. The minimum atomic E-state index is 0.933. The number of hydrogen-bond acceptors (Lipinski definition) is 2. The molecule has 0 saturated heterocycles. The topological polar surface area (TPSA) is 35.1 Å². The largest absolute Gasteiger partial charge is 0.300 e. The SMILES string of the molecule is Cc1cccc(-n2ccn3nc(-c4cccnc4)cc23)c1C. The molecule has 3 aromatic heterocycles. The summed E-state index contributed by atoms with van der Waals surface area (Å²) >= 11 is 0. The van der Waals surface area contributed by atoms with Crippen LogP contribution in [-0.4, -0.2) is 19.2 Å². The van der Waals surface area contributed by atoms with Crippen molar-refractivity contribution in [2.24, 2.45) is 0 Å². The van der Waals surface area contributed by atoms with Gasteiger partial charge in [0.25, 0.3) is 0 Å². The average Bonchev–Trinajstić information content (AvgIpc) is 3.12. The van der Waals surface area contributed by atoms with Crippen LogP contribution >= 0.6 is 0 Å². The molecule has 108 valence electrons. The van der Waals surface area contributed by atoms with Crippen LogP contribution in [-0.2, 0) is 0 Å². The highest BCUT2D eigenvalue weighted by Crippen LogP contribution is 2.24. The lowest BCUT2D eigenvalue weighted by Crippen LogP contribution is -1.97. The van der Waals surface area contributed by atoms with Gasteiger partial charge in [-0.15, -0.1) is 0 Å². The van der Waals surface area contributed by atoms with Gasteiger partial charge in [0.15, 0.2) is 0 Å². The molecule has 0 atom stereocenters. The summed E-state index contributed by atoms with van der Waals surface area (Å²) in [5, 5.41) is 4.64. The molecule has 0 saturated carbocycles. The maximum atomic E-state index is 4.64. The van der Waals surface area contributed by atoms with Gasteiger partial charge in [0.2, 0.25) is 0 Å². The lowest BCUT2D eigenvalue weighted by molar-refractivity contribution is 0.967. The van der Waals surface area contributed by atoms with E-state index < -0.39 is 0 Å². The Morgan fingerprint density at radius 3 is 2.73 bits per heavy atom. The molecule has 0 aliphatic carbocycles. The highest BCUT2D eigenvalue weighted by molar-refractivity contribution is 5.65. The molecule has 0 aliphatic heterocycles. The third-order valence-corrected chi connectivity index (χ3v) is 4.11. The van der Waals surface area contributed by atoms with Gasteiger partial charge in [-0.25, -0.2) is 4.52 Å². The highest BCUT2D eigenvalue weighted by atomic mass is 15.3.